The fourth-order valence-corrected chi connectivity index (χ4v) is 2.75. The van der Waals surface area contributed by atoms with Crippen molar-refractivity contribution >= 4 is 0 Å². The van der Waals surface area contributed by atoms with Crippen LogP contribution in [-0.4, -0.2) is 37.6 Å². The van der Waals surface area contributed by atoms with Gasteiger partial charge in [-0.1, -0.05) is 18.2 Å². The number of unbranched alkanes of at least 4 members (excludes halogenated alkanes) is 1. The van der Waals surface area contributed by atoms with Crippen LogP contribution in [0.5, 0.6) is 0 Å². The zero-order valence-electron chi connectivity index (χ0n) is 12.5. The minimum atomic E-state index is 1.16. The van der Waals surface area contributed by atoms with Crippen molar-refractivity contribution in [2.45, 2.75) is 39.5 Å². The Hall–Kier alpha value is -0.860. The summed E-state index contributed by atoms with van der Waals surface area (Å²) in [6, 6.07) is 6.90. The second kappa shape index (κ2) is 7.66. The molecule has 0 atom stereocenters. The van der Waals surface area contributed by atoms with Crippen molar-refractivity contribution in [3.8, 4) is 0 Å². The van der Waals surface area contributed by atoms with E-state index in [4.69, 9.17) is 0 Å². The van der Waals surface area contributed by atoms with Crippen molar-refractivity contribution in [1.29, 1.82) is 0 Å². The third kappa shape index (κ3) is 4.96. The second-order valence-electron chi connectivity index (χ2n) is 5.82. The highest BCUT2D eigenvalue weighted by Gasteiger charge is 2.07. The predicted octanol–water partition coefficient (Wildman–Crippen LogP) is 2.92. The Morgan fingerprint density at radius 3 is 2.79 bits per heavy atom. The van der Waals surface area contributed by atoms with Crippen LogP contribution in [0.2, 0.25) is 0 Å². The minimum Gasteiger partial charge on any atom is -0.315 e. The lowest BCUT2D eigenvalue weighted by molar-refractivity contribution is 0.286. The molecule has 0 aliphatic carbocycles. The van der Waals surface area contributed by atoms with Crippen molar-refractivity contribution in [2.75, 3.05) is 32.7 Å². The normalized spacial score (nSPS) is 17.4. The summed E-state index contributed by atoms with van der Waals surface area (Å²) in [5, 5.41) is 3.46. The fourth-order valence-electron chi connectivity index (χ4n) is 2.75. The van der Waals surface area contributed by atoms with E-state index in [9.17, 15) is 0 Å². The molecule has 19 heavy (non-hydrogen) atoms. The first-order valence-electron chi connectivity index (χ1n) is 7.75. The zero-order valence-corrected chi connectivity index (χ0v) is 12.5. The molecule has 2 nitrogen and oxygen atoms in total. The maximum Gasteiger partial charge on any atom is 0.0107 e. The number of nitrogens with zero attached hydrogens (tertiary/aromatic N) is 1. The monoisotopic (exact) mass is 260 g/mol. The van der Waals surface area contributed by atoms with Crippen LogP contribution in [0.3, 0.4) is 0 Å². The average molecular weight is 260 g/mol. The van der Waals surface area contributed by atoms with E-state index in [0.29, 0.717) is 0 Å². The standard InChI is InChI=1S/C17H28N2/c1-15-7-8-17(14-16(15)2)6-3-4-11-19-12-5-9-18-10-13-19/h7-8,14,18H,3-6,9-13H2,1-2H3. The van der Waals surface area contributed by atoms with Gasteiger partial charge in [0.25, 0.3) is 0 Å². The van der Waals surface area contributed by atoms with E-state index in [0.717, 1.165) is 6.54 Å². The summed E-state index contributed by atoms with van der Waals surface area (Å²) >= 11 is 0. The summed E-state index contributed by atoms with van der Waals surface area (Å²) in [6.45, 7) is 10.5. The lowest BCUT2D eigenvalue weighted by atomic mass is 10.0. The molecule has 2 heteroatoms. The number of benzene rings is 1. The molecule has 1 saturated heterocycles. The molecule has 0 bridgehead atoms. The third-order valence-electron chi connectivity index (χ3n) is 4.19. The molecule has 0 unspecified atom stereocenters. The number of nitrogens with one attached hydrogen (secondary N) is 1. The van der Waals surface area contributed by atoms with Gasteiger partial charge in [-0.15, -0.1) is 0 Å². The van der Waals surface area contributed by atoms with Gasteiger partial charge in [-0.3, -0.25) is 0 Å². The van der Waals surface area contributed by atoms with Gasteiger partial charge < -0.3 is 10.2 Å². The van der Waals surface area contributed by atoms with E-state index in [1.165, 1.54) is 68.6 Å². The molecule has 1 aliphatic heterocycles. The van der Waals surface area contributed by atoms with Gasteiger partial charge in [0.15, 0.2) is 0 Å². The van der Waals surface area contributed by atoms with Gasteiger partial charge in [-0.2, -0.15) is 0 Å². The topological polar surface area (TPSA) is 15.3 Å². The summed E-state index contributed by atoms with van der Waals surface area (Å²) in [6.07, 6.45) is 5.17. The third-order valence-corrected chi connectivity index (χ3v) is 4.19. The smallest absolute Gasteiger partial charge is 0.0107 e. The fraction of sp³-hybridized carbons (Fsp3) is 0.647. The Kier molecular flexibility index (Phi) is 5.87. The minimum absolute atomic E-state index is 1.16. The van der Waals surface area contributed by atoms with Crippen LogP contribution < -0.4 is 5.32 Å². The van der Waals surface area contributed by atoms with Gasteiger partial charge >= 0.3 is 0 Å². The first-order valence-corrected chi connectivity index (χ1v) is 7.75. The van der Waals surface area contributed by atoms with E-state index in [1.54, 1.807) is 0 Å². The summed E-state index contributed by atoms with van der Waals surface area (Å²) < 4.78 is 0. The van der Waals surface area contributed by atoms with Crippen molar-refractivity contribution in [1.82, 2.24) is 10.2 Å². The molecule has 1 aromatic carbocycles. The van der Waals surface area contributed by atoms with E-state index >= 15 is 0 Å². The van der Waals surface area contributed by atoms with Crippen LogP contribution >= 0.6 is 0 Å². The molecule has 0 amide bonds. The first kappa shape index (κ1) is 14.5. The van der Waals surface area contributed by atoms with Crippen LogP contribution in [-0.2, 0) is 6.42 Å². The Balaban J connectivity index is 1.67. The largest absolute Gasteiger partial charge is 0.315 e. The number of aryl methyl sites for hydroxylation is 3. The first-order chi connectivity index (χ1) is 9.25. The summed E-state index contributed by atoms with van der Waals surface area (Å²) in [5.41, 5.74) is 4.33. The maximum absolute atomic E-state index is 3.46. The molecule has 0 aromatic heterocycles. The number of rotatable bonds is 5. The molecule has 0 radical (unpaired) electrons. The van der Waals surface area contributed by atoms with E-state index in [1.807, 2.05) is 0 Å². The van der Waals surface area contributed by atoms with Gasteiger partial charge in [0, 0.05) is 13.1 Å². The molecule has 1 aromatic rings. The quantitative estimate of drug-likeness (QED) is 0.819. The van der Waals surface area contributed by atoms with Crippen molar-refractivity contribution < 1.29 is 0 Å². The summed E-state index contributed by atoms with van der Waals surface area (Å²) in [7, 11) is 0. The van der Waals surface area contributed by atoms with Gasteiger partial charge in [-0.25, -0.2) is 0 Å². The van der Waals surface area contributed by atoms with Crippen molar-refractivity contribution in [2.24, 2.45) is 0 Å². The maximum atomic E-state index is 3.46. The van der Waals surface area contributed by atoms with E-state index in [2.05, 4.69) is 42.3 Å². The summed E-state index contributed by atoms with van der Waals surface area (Å²) in [5.74, 6) is 0. The number of hydrogen-bond acceptors (Lipinski definition) is 2. The molecule has 0 spiro atoms. The molecular weight excluding hydrogens is 232 g/mol. The van der Waals surface area contributed by atoms with Gasteiger partial charge in [0.2, 0.25) is 0 Å². The van der Waals surface area contributed by atoms with E-state index < -0.39 is 0 Å². The highest BCUT2D eigenvalue weighted by molar-refractivity contribution is 5.29. The Labute approximate surface area is 118 Å². The van der Waals surface area contributed by atoms with Crippen molar-refractivity contribution in [3.63, 3.8) is 0 Å². The SMILES string of the molecule is Cc1ccc(CCCCN2CCCNCC2)cc1C. The van der Waals surface area contributed by atoms with Crippen LogP contribution in [0.15, 0.2) is 18.2 Å². The molecule has 1 N–H and O–H groups in total. The number of hydrogen-bond donors (Lipinski definition) is 1. The molecule has 1 heterocycles. The summed E-state index contributed by atoms with van der Waals surface area (Å²) in [4.78, 5) is 2.61. The molecule has 1 fully saturated rings. The van der Waals surface area contributed by atoms with Gasteiger partial charge in [0.1, 0.15) is 0 Å². The lowest BCUT2D eigenvalue weighted by Crippen LogP contribution is -2.29. The average Bonchev–Trinajstić information content (AvgIpc) is 2.67. The highest BCUT2D eigenvalue weighted by Crippen LogP contribution is 2.12. The second-order valence-corrected chi connectivity index (χ2v) is 5.82. The Morgan fingerprint density at radius 1 is 1.05 bits per heavy atom. The van der Waals surface area contributed by atoms with Crippen LogP contribution in [0.4, 0.5) is 0 Å². The van der Waals surface area contributed by atoms with Crippen LogP contribution in [0.1, 0.15) is 36.0 Å². The zero-order chi connectivity index (χ0) is 13.5. The lowest BCUT2D eigenvalue weighted by Gasteiger charge is -2.19. The van der Waals surface area contributed by atoms with Crippen LogP contribution in [0, 0.1) is 13.8 Å². The van der Waals surface area contributed by atoms with Crippen LogP contribution in [0.25, 0.3) is 0 Å². The van der Waals surface area contributed by atoms with Gasteiger partial charge in [-0.05, 0) is 75.9 Å². The molecule has 0 saturated carbocycles. The molecule has 106 valence electrons. The van der Waals surface area contributed by atoms with Crippen molar-refractivity contribution in [3.05, 3.63) is 34.9 Å². The Bertz CT molecular complexity index is 379. The highest BCUT2D eigenvalue weighted by atomic mass is 15.1. The molecule has 1 aliphatic rings. The van der Waals surface area contributed by atoms with Gasteiger partial charge in [0.05, 0.1) is 0 Å². The predicted molar refractivity (Wildman–Crippen MR) is 82.8 cm³/mol. The van der Waals surface area contributed by atoms with E-state index in [-0.39, 0.29) is 0 Å². The molecular formula is C17H28N2. The Morgan fingerprint density at radius 2 is 1.95 bits per heavy atom. The molecule has 2 rings (SSSR count).